The Kier molecular flexibility index (Phi) is 3.47. The number of ether oxygens (including phenoxy) is 1. The molecule has 2 unspecified atom stereocenters. The van der Waals surface area contributed by atoms with E-state index in [1.807, 2.05) is 25.1 Å². The lowest BCUT2D eigenvalue weighted by molar-refractivity contribution is 0.210. The van der Waals surface area contributed by atoms with Crippen LogP contribution in [-0.4, -0.2) is 38.1 Å². The van der Waals surface area contributed by atoms with Crippen molar-refractivity contribution in [2.75, 3.05) is 18.1 Å². The Bertz CT molecular complexity index is 631. The van der Waals surface area contributed by atoms with Crippen LogP contribution >= 0.6 is 11.6 Å². The van der Waals surface area contributed by atoms with Crippen molar-refractivity contribution in [3.05, 3.63) is 28.8 Å². The number of rotatable bonds is 3. The molecule has 110 valence electrons. The largest absolute Gasteiger partial charge is 0.488 e. The fourth-order valence-corrected chi connectivity index (χ4v) is 5.23. The second-order valence-electron chi connectivity index (χ2n) is 5.98. The predicted molar refractivity (Wildman–Crippen MR) is 79.3 cm³/mol. The van der Waals surface area contributed by atoms with Gasteiger partial charge in [-0.25, -0.2) is 8.42 Å². The highest BCUT2D eigenvalue weighted by atomic mass is 35.5. The third kappa shape index (κ3) is 2.95. The van der Waals surface area contributed by atoms with E-state index in [2.05, 4.69) is 5.32 Å². The van der Waals surface area contributed by atoms with Gasteiger partial charge in [-0.05, 0) is 37.1 Å². The zero-order valence-electron chi connectivity index (χ0n) is 11.4. The van der Waals surface area contributed by atoms with Crippen LogP contribution in [0.1, 0.15) is 18.9 Å². The van der Waals surface area contributed by atoms with Crippen molar-refractivity contribution in [1.29, 1.82) is 0 Å². The minimum Gasteiger partial charge on any atom is -0.488 e. The first-order valence-electron chi connectivity index (χ1n) is 6.76. The molecule has 20 heavy (non-hydrogen) atoms. The molecule has 0 saturated carbocycles. The maximum absolute atomic E-state index is 11.6. The van der Waals surface area contributed by atoms with Gasteiger partial charge in [0.05, 0.1) is 11.5 Å². The highest BCUT2D eigenvalue weighted by Crippen LogP contribution is 2.31. The van der Waals surface area contributed by atoms with Crippen LogP contribution < -0.4 is 10.1 Å². The SMILES string of the molecule is CC1(NCC2Cc3cc(Cl)ccc3O2)CCS(=O)(=O)C1. The molecule has 4 nitrogen and oxygen atoms in total. The van der Waals surface area contributed by atoms with Crippen LogP contribution in [0, 0.1) is 0 Å². The van der Waals surface area contributed by atoms with Crippen molar-refractivity contribution in [2.24, 2.45) is 0 Å². The molecule has 2 heterocycles. The van der Waals surface area contributed by atoms with Gasteiger partial charge in [-0.1, -0.05) is 11.6 Å². The Labute approximate surface area is 124 Å². The Balaban J connectivity index is 1.59. The second-order valence-corrected chi connectivity index (χ2v) is 8.60. The predicted octanol–water partition coefficient (Wildman–Crippen LogP) is 1.81. The van der Waals surface area contributed by atoms with E-state index in [9.17, 15) is 8.42 Å². The van der Waals surface area contributed by atoms with Gasteiger partial charge in [-0.3, -0.25) is 0 Å². The van der Waals surface area contributed by atoms with Gasteiger partial charge in [-0.2, -0.15) is 0 Å². The summed E-state index contributed by atoms with van der Waals surface area (Å²) in [6, 6.07) is 5.64. The van der Waals surface area contributed by atoms with E-state index in [1.54, 1.807) is 0 Å². The molecule has 0 aliphatic carbocycles. The molecule has 3 rings (SSSR count). The van der Waals surface area contributed by atoms with Crippen molar-refractivity contribution in [3.63, 3.8) is 0 Å². The van der Waals surface area contributed by atoms with Gasteiger partial charge in [0, 0.05) is 23.5 Å². The number of benzene rings is 1. The summed E-state index contributed by atoms with van der Waals surface area (Å²) in [5.41, 5.74) is 0.794. The summed E-state index contributed by atoms with van der Waals surface area (Å²) >= 11 is 5.97. The quantitative estimate of drug-likeness (QED) is 0.924. The van der Waals surface area contributed by atoms with Gasteiger partial charge in [0.15, 0.2) is 9.84 Å². The van der Waals surface area contributed by atoms with Crippen molar-refractivity contribution in [1.82, 2.24) is 5.32 Å². The molecule has 1 aromatic carbocycles. The zero-order valence-corrected chi connectivity index (χ0v) is 12.9. The molecular weight excluding hydrogens is 298 g/mol. The molecule has 0 spiro atoms. The van der Waals surface area contributed by atoms with E-state index in [-0.39, 0.29) is 23.1 Å². The lowest BCUT2D eigenvalue weighted by Gasteiger charge is -2.25. The van der Waals surface area contributed by atoms with Gasteiger partial charge in [0.2, 0.25) is 0 Å². The van der Waals surface area contributed by atoms with E-state index in [1.165, 1.54) is 0 Å². The van der Waals surface area contributed by atoms with E-state index in [0.29, 0.717) is 13.0 Å². The Morgan fingerprint density at radius 1 is 1.50 bits per heavy atom. The zero-order chi connectivity index (χ0) is 14.4. The van der Waals surface area contributed by atoms with Crippen LogP contribution in [0.15, 0.2) is 18.2 Å². The van der Waals surface area contributed by atoms with Gasteiger partial charge in [0.1, 0.15) is 11.9 Å². The minimum absolute atomic E-state index is 0.0450. The number of hydrogen-bond donors (Lipinski definition) is 1. The standard InChI is InChI=1S/C14H18ClNO3S/c1-14(4-5-20(17,18)9-14)16-8-12-7-10-6-11(15)2-3-13(10)19-12/h2-3,6,12,16H,4-5,7-9H2,1H3. The van der Waals surface area contributed by atoms with Crippen LogP contribution in [0.4, 0.5) is 0 Å². The van der Waals surface area contributed by atoms with Crippen LogP contribution in [-0.2, 0) is 16.3 Å². The third-order valence-corrected chi connectivity index (χ3v) is 6.16. The molecule has 0 amide bonds. The number of sulfone groups is 1. The fraction of sp³-hybridized carbons (Fsp3) is 0.571. The molecule has 2 aliphatic rings. The third-order valence-electron chi connectivity index (χ3n) is 4.02. The first kappa shape index (κ1) is 14.2. The molecule has 0 bridgehead atoms. The molecule has 1 N–H and O–H groups in total. The van der Waals surface area contributed by atoms with E-state index >= 15 is 0 Å². The van der Waals surface area contributed by atoms with Gasteiger partial charge < -0.3 is 10.1 Å². The monoisotopic (exact) mass is 315 g/mol. The highest BCUT2D eigenvalue weighted by Gasteiger charge is 2.38. The number of nitrogens with one attached hydrogen (secondary N) is 1. The fourth-order valence-electron chi connectivity index (χ4n) is 2.91. The average Bonchev–Trinajstić information content (AvgIpc) is 2.87. The summed E-state index contributed by atoms with van der Waals surface area (Å²) in [7, 11) is -2.88. The Hall–Kier alpha value is -0.780. The molecule has 0 aromatic heterocycles. The van der Waals surface area contributed by atoms with Crippen molar-refractivity contribution < 1.29 is 13.2 Å². The van der Waals surface area contributed by atoms with E-state index in [0.717, 1.165) is 22.8 Å². The molecule has 6 heteroatoms. The summed E-state index contributed by atoms with van der Waals surface area (Å²) in [6.07, 6.45) is 1.52. The van der Waals surface area contributed by atoms with Crippen molar-refractivity contribution in [2.45, 2.75) is 31.4 Å². The van der Waals surface area contributed by atoms with Crippen LogP contribution in [0.25, 0.3) is 0 Å². The first-order valence-corrected chi connectivity index (χ1v) is 8.96. The molecular formula is C14H18ClNO3S. The van der Waals surface area contributed by atoms with E-state index in [4.69, 9.17) is 16.3 Å². The lowest BCUT2D eigenvalue weighted by atomic mass is 10.0. The Morgan fingerprint density at radius 3 is 3.00 bits per heavy atom. The van der Waals surface area contributed by atoms with Crippen LogP contribution in [0.2, 0.25) is 5.02 Å². The number of hydrogen-bond acceptors (Lipinski definition) is 4. The first-order chi connectivity index (χ1) is 9.35. The number of halogens is 1. The summed E-state index contributed by atoms with van der Waals surface area (Å²) in [6.45, 7) is 2.62. The molecule has 1 fully saturated rings. The van der Waals surface area contributed by atoms with Crippen LogP contribution in [0.3, 0.4) is 0 Å². The summed E-state index contributed by atoms with van der Waals surface area (Å²) < 4.78 is 29.0. The molecule has 0 radical (unpaired) electrons. The lowest BCUT2D eigenvalue weighted by Crippen LogP contribution is -2.47. The maximum atomic E-state index is 11.6. The topological polar surface area (TPSA) is 55.4 Å². The summed E-state index contributed by atoms with van der Waals surface area (Å²) in [4.78, 5) is 0. The summed E-state index contributed by atoms with van der Waals surface area (Å²) in [5, 5.41) is 4.09. The molecule has 2 atom stereocenters. The minimum atomic E-state index is -2.88. The highest BCUT2D eigenvalue weighted by molar-refractivity contribution is 7.91. The molecule has 2 aliphatic heterocycles. The second kappa shape index (κ2) is 4.90. The molecule has 1 aromatic rings. The van der Waals surface area contributed by atoms with E-state index < -0.39 is 9.84 Å². The van der Waals surface area contributed by atoms with Gasteiger partial charge >= 0.3 is 0 Å². The van der Waals surface area contributed by atoms with Crippen LogP contribution in [0.5, 0.6) is 5.75 Å². The number of fused-ring (bicyclic) bond motifs is 1. The molecule has 1 saturated heterocycles. The van der Waals surface area contributed by atoms with Gasteiger partial charge in [-0.15, -0.1) is 0 Å². The van der Waals surface area contributed by atoms with Gasteiger partial charge in [0.25, 0.3) is 0 Å². The Morgan fingerprint density at radius 2 is 2.30 bits per heavy atom. The maximum Gasteiger partial charge on any atom is 0.152 e. The normalized spacial score (nSPS) is 31.0. The smallest absolute Gasteiger partial charge is 0.152 e. The van der Waals surface area contributed by atoms with Crippen molar-refractivity contribution in [3.8, 4) is 5.75 Å². The van der Waals surface area contributed by atoms with Crippen molar-refractivity contribution >= 4 is 21.4 Å². The average molecular weight is 316 g/mol. The summed E-state index contributed by atoms with van der Waals surface area (Å²) in [5.74, 6) is 1.37.